The van der Waals surface area contributed by atoms with Gasteiger partial charge < -0.3 is 4.90 Å². The third kappa shape index (κ3) is 4.12. The van der Waals surface area contributed by atoms with Crippen LogP contribution < -0.4 is 0 Å². The van der Waals surface area contributed by atoms with Gasteiger partial charge in [-0.25, -0.2) is 4.39 Å². The lowest BCUT2D eigenvalue weighted by Gasteiger charge is -2.29. The first-order valence-electron chi connectivity index (χ1n) is 8.30. The van der Waals surface area contributed by atoms with Crippen molar-refractivity contribution in [2.24, 2.45) is 0 Å². The van der Waals surface area contributed by atoms with Gasteiger partial charge in [-0.1, -0.05) is 36.6 Å². The SMILES string of the molecule is O=C(c1cc(Cl)ccn1)N(CCc1ccc(F)cc1)C1CCCC1. The molecule has 0 unspecified atom stereocenters. The zero-order chi connectivity index (χ0) is 16.9. The normalized spacial score (nSPS) is 14.8. The van der Waals surface area contributed by atoms with Crippen LogP contribution in [0.3, 0.4) is 0 Å². The number of halogens is 2. The van der Waals surface area contributed by atoms with Crippen LogP contribution in [0, 0.1) is 5.82 Å². The molecule has 0 saturated heterocycles. The van der Waals surface area contributed by atoms with E-state index in [1.165, 1.54) is 12.1 Å². The monoisotopic (exact) mass is 346 g/mol. The summed E-state index contributed by atoms with van der Waals surface area (Å²) < 4.78 is 13.0. The quantitative estimate of drug-likeness (QED) is 0.798. The van der Waals surface area contributed by atoms with Crippen LogP contribution in [0.2, 0.25) is 5.02 Å². The molecule has 1 aliphatic carbocycles. The molecule has 1 heterocycles. The van der Waals surface area contributed by atoms with Crippen molar-refractivity contribution in [2.75, 3.05) is 6.54 Å². The number of benzene rings is 1. The number of carbonyl (C=O) groups is 1. The van der Waals surface area contributed by atoms with Gasteiger partial charge in [0.05, 0.1) is 0 Å². The maximum Gasteiger partial charge on any atom is 0.272 e. The van der Waals surface area contributed by atoms with Gasteiger partial charge in [-0.2, -0.15) is 0 Å². The van der Waals surface area contributed by atoms with Crippen molar-refractivity contribution >= 4 is 17.5 Å². The second-order valence-corrected chi connectivity index (χ2v) is 6.61. The van der Waals surface area contributed by atoms with Gasteiger partial charge in [0, 0.05) is 23.8 Å². The molecule has 1 saturated carbocycles. The Morgan fingerprint density at radius 2 is 1.92 bits per heavy atom. The minimum Gasteiger partial charge on any atom is -0.334 e. The first-order valence-corrected chi connectivity index (χ1v) is 8.68. The topological polar surface area (TPSA) is 33.2 Å². The van der Waals surface area contributed by atoms with Gasteiger partial charge in [0.2, 0.25) is 0 Å². The van der Waals surface area contributed by atoms with E-state index in [2.05, 4.69) is 4.98 Å². The number of aromatic nitrogens is 1. The molecule has 1 aliphatic rings. The summed E-state index contributed by atoms with van der Waals surface area (Å²) in [5.74, 6) is -0.322. The van der Waals surface area contributed by atoms with E-state index in [0.717, 1.165) is 31.2 Å². The Balaban J connectivity index is 1.75. The molecule has 2 aromatic rings. The van der Waals surface area contributed by atoms with E-state index in [4.69, 9.17) is 11.6 Å². The van der Waals surface area contributed by atoms with Crippen LogP contribution in [-0.2, 0) is 6.42 Å². The summed E-state index contributed by atoms with van der Waals surface area (Å²) in [5, 5.41) is 0.512. The molecule has 1 aromatic heterocycles. The molecule has 0 spiro atoms. The highest BCUT2D eigenvalue weighted by Crippen LogP contribution is 2.25. The minimum atomic E-state index is -0.245. The zero-order valence-corrected chi connectivity index (χ0v) is 14.2. The van der Waals surface area contributed by atoms with Gasteiger partial charge in [0.25, 0.3) is 5.91 Å². The molecule has 1 amide bonds. The van der Waals surface area contributed by atoms with Gasteiger partial charge in [-0.3, -0.25) is 9.78 Å². The van der Waals surface area contributed by atoms with Gasteiger partial charge in [-0.15, -0.1) is 0 Å². The molecule has 0 aliphatic heterocycles. The van der Waals surface area contributed by atoms with Gasteiger partial charge in [-0.05, 0) is 49.1 Å². The molecule has 0 N–H and O–H groups in total. The predicted molar refractivity (Wildman–Crippen MR) is 92.6 cm³/mol. The van der Waals surface area contributed by atoms with Crippen LogP contribution in [-0.4, -0.2) is 28.4 Å². The highest BCUT2D eigenvalue weighted by atomic mass is 35.5. The number of pyridine rings is 1. The Bertz CT molecular complexity index is 699. The fraction of sp³-hybridized carbons (Fsp3) is 0.368. The molecule has 3 rings (SSSR count). The Kier molecular flexibility index (Phi) is 5.46. The van der Waals surface area contributed by atoms with Crippen LogP contribution in [0.5, 0.6) is 0 Å². The van der Waals surface area contributed by atoms with E-state index in [1.807, 2.05) is 4.90 Å². The predicted octanol–water partition coefficient (Wildman–Crippen LogP) is 4.50. The minimum absolute atomic E-state index is 0.0773. The van der Waals surface area contributed by atoms with Crippen LogP contribution in [0.4, 0.5) is 4.39 Å². The average Bonchev–Trinajstić information content (AvgIpc) is 3.11. The highest BCUT2D eigenvalue weighted by molar-refractivity contribution is 6.30. The molecular weight excluding hydrogens is 327 g/mol. The number of carbonyl (C=O) groups excluding carboxylic acids is 1. The van der Waals surface area contributed by atoms with Crippen LogP contribution in [0.25, 0.3) is 0 Å². The summed E-state index contributed by atoms with van der Waals surface area (Å²) in [6, 6.07) is 9.97. The number of rotatable bonds is 5. The van der Waals surface area contributed by atoms with E-state index in [-0.39, 0.29) is 17.8 Å². The lowest BCUT2D eigenvalue weighted by atomic mass is 10.1. The van der Waals surface area contributed by atoms with E-state index < -0.39 is 0 Å². The Morgan fingerprint density at radius 1 is 1.21 bits per heavy atom. The summed E-state index contributed by atoms with van der Waals surface area (Å²) in [4.78, 5) is 19.0. The number of nitrogens with zero attached hydrogens (tertiary/aromatic N) is 2. The van der Waals surface area contributed by atoms with Gasteiger partial charge in [0.15, 0.2) is 0 Å². The van der Waals surface area contributed by atoms with E-state index in [0.29, 0.717) is 23.7 Å². The molecule has 1 fully saturated rings. The van der Waals surface area contributed by atoms with Crippen molar-refractivity contribution in [3.63, 3.8) is 0 Å². The maximum atomic E-state index is 13.0. The van der Waals surface area contributed by atoms with Crippen molar-refractivity contribution in [2.45, 2.75) is 38.1 Å². The summed E-state index contributed by atoms with van der Waals surface area (Å²) in [6.45, 7) is 0.601. The molecule has 24 heavy (non-hydrogen) atoms. The van der Waals surface area contributed by atoms with E-state index in [1.54, 1.807) is 30.5 Å². The molecule has 5 heteroatoms. The largest absolute Gasteiger partial charge is 0.334 e. The average molecular weight is 347 g/mol. The van der Waals surface area contributed by atoms with Gasteiger partial charge >= 0.3 is 0 Å². The fourth-order valence-corrected chi connectivity index (χ4v) is 3.40. The fourth-order valence-electron chi connectivity index (χ4n) is 3.24. The van der Waals surface area contributed by atoms with Crippen molar-refractivity contribution in [3.8, 4) is 0 Å². The Labute approximate surface area is 146 Å². The zero-order valence-electron chi connectivity index (χ0n) is 13.4. The van der Waals surface area contributed by atoms with Crippen LogP contribution in [0.1, 0.15) is 41.7 Å². The number of hydrogen-bond acceptors (Lipinski definition) is 2. The lowest BCUT2D eigenvalue weighted by Crippen LogP contribution is -2.40. The van der Waals surface area contributed by atoms with E-state index in [9.17, 15) is 9.18 Å². The van der Waals surface area contributed by atoms with E-state index >= 15 is 0 Å². The highest BCUT2D eigenvalue weighted by Gasteiger charge is 2.27. The molecule has 3 nitrogen and oxygen atoms in total. The van der Waals surface area contributed by atoms with Gasteiger partial charge in [0.1, 0.15) is 11.5 Å². The smallest absolute Gasteiger partial charge is 0.272 e. The molecule has 126 valence electrons. The third-order valence-electron chi connectivity index (χ3n) is 4.52. The molecule has 1 aromatic carbocycles. The van der Waals surface area contributed by atoms with Crippen LogP contribution in [0.15, 0.2) is 42.6 Å². The summed E-state index contributed by atoms with van der Waals surface area (Å²) in [6.07, 6.45) is 6.60. The first kappa shape index (κ1) is 16.9. The Hall–Kier alpha value is -1.94. The van der Waals surface area contributed by atoms with Crippen molar-refractivity contribution in [1.82, 2.24) is 9.88 Å². The Morgan fingerprint density at radius 3 is 2.58 bits per heavy atom. The lowest BCUT2D eigenvalue weighted by molar-refractivity contribution is 0.0678. The molecule has 0 radical (unpaired) electrons. The number of hydrogen-bond donors (Lipinski definition) is 0. The van der Waals surface area contributed by atoms with Crippen molar-refractivity contribution in [1.29, 1.82) is 0 Å². The summed E-state index contributed by atoms with van der Waals surface area (Å²) in [5.41, 5.74) is 1.40. The second-order valence-electron chi connectivity index (χ2n) is 6.17. The maximum absolute atomic E-state index is 13.0. The summed E-state index contributed by atoms with van der Waals surface area (Å²) >= 11 is 5.99. The molecule has 0 atom stereocenters. The van der Waals surface area contributed by atoms with Crippen molar-refractivity contribution in [3.05, 3.63) is 64.7 Å². The summed E-state index contributed by atoms with van der Waals surface area (Å²) in [7, 11) is 0. The first-order chi connectivity index (χ1) is 11.6. The van der Waals surface area contributed by atoms with Crippen molar-refractivity contribution < 1.29 is 9.18 Å². The third-order valence-corrected chi connectivity index (χ3v) is 4.76. The standard InChI is InChI=1S/C19H20ClFN2O/c20-15-9-11-22-18(13-15)19(24)23(17-3-1-2-4-17)12-10-14-5-7-16(21)8-6-14/h5-9,11,13,17H,1-4,10,12H2. The number of amides is 1. The molecular formula is C19H20ClFN2O. The molecule has 0 bridgehead atoms. The second kappa shape index (κ2) is 7.75. The van der Waals surface area contributed by atoms with Crippen LogP contribution >= 0.6 is 11.6 Å².